The summed E-state index contributed by atoms with van der Waals surface area (Å²) in [4.78, 5) is 2.40. The molecule has 1 aliphatic heterocycles. The SMILES string of the molecule is CCCCC(NC1CCN(C)CC1C)c1ccc(F)cc1. The monoisotopic (exact) mass is 292 g/mol. The fourth-order valence-corrected chi connectivity index (χ4v) is 3.31. The van der Waals surface area contributed by atoms with E-state index in [0.29, 0.717) is 18.0 Å². The van der Waals surface area contributed by atoms with E-state index in [-0.39, 0.29) is 5.82 Å². The summed E-state index contributed by atoms with van der Waals surface area (Å²) in [7, 11) is 2.20. The van der Waals surface area contributed by atoms with E-state index in [9.17, 15) is 4.39 Å². The third kappa shape index (κ3) is 4.79. The van der Waals surface area contributed by atoms with Gasteiger partial charge in [0.1, 0.15) is 5.82 Å². The topological polar surface area (TPSA) is 15.3 Å². The summed E-state index contributed by atoms with van der Waals surface area (Å²) < 4.78 is 13.1. The van der Waals surface area contributed by atoms with Crippen LogP contribution in [0.4, 0.5) is 4.39 Å². The number of piperidine rings is 1. The van der Waals surface area contributed by atoms with Gasteiger partial charge in [-0.05, 0) is 50.0 Å². The van der Waals surface area contributed by atoms with Crippen LogP contribution in [0.25, 0.3) is 0 Å². The van der Waals surface area contributed by atoms with Crippen molar-refractivity contribution >= 4 is 0 Å². The Morgan fingerprint density at radius 3 is 2.67 bits per heavy atom. The number of nitrogens with zero attached hydrogens (tertiary/aromatic N) is 1. The van der Waals surface area contributed by atoms with Gasteiger partial charge in [0.05, 0.1) is 0 Å². The molecule has 0 aliphatic carbocycles. The van der Waals surface area contributed by atoms with Crippen molar-refractivity contribution < 1.29 is 4.39 Å². The molecule has 1 fully saturated rings. The second-order valence-corrected chi connectivity index (χ2v) is 6.55. The first kappa shape index (κ1) is 16.4. The lowest BCUT2D eigenvalue weighted by Crippen LogP contribution is -2.48. The predicted octanol–water partition coefficient (Wildman–Crippen LogP) is 3.99. The maximum absolute atomic E-state index is 13.1. The summed E-state index contributed by atoms with van der Waals surface area (Å²) in [6.45, 7) is 6.86. The Morgan fingerprint density at radius 2 is 2.05 bits per heavy atom. The van der Waals surface area contributed by atoms with Gasteiger partial charge in [-0.2, -0.15) is 0 Å². The van der Waals surface area contributed by atoms with Gasteiger partial charge in [-0.1, -0.05) is 38.8 Å². The van der Waals surface area contributed by atoms with E-state index in [1.165, 1.54) is 24.8 Å². The number of halogens is 1. The minimum atomic E-state index is -0.152. The van der Waals surface area contributed by atoms with Crippen LogP contribution in [0.15, 0.2) is 24.3 Å². The van der Waals surface area contributed by atoms with Crippen LogP contribution < -0.4 is 5.32 Å². The van der Waals surface area contributed by atoms with Gasteiger partial charge in [0.15, 0.2) is 0 Å². The molecule has 1 heterocycles. The smallest absolute Gasteiger partial charge is 0.123 e. The molecule has 2 nitrogen and oxygen atoms in total. The van der Waals surface area contributed by atoms with Crippen molar-refractivity contribution in [2.45, 2.75) is 51.6 Å². The number of benzene rings is 1. The lowest BCUT2D eigenvalue weighted by Gasteiger charge is -2.37. The minimum absolute atomic E-state index is 0.152. The van der Waals surface area contributed by atoms with Crippen LogP contribution in [-0.2, 0) is 0 Å². The van der Waals surface area contributed by atoms with Gasteiger partial charge in [-0.25, -0.2) is 4.39 Å². The molecule has 21 heavy (non-hydrogen) atoms. The van der Waals surface area contributed by atoms with Gasteiger partial charge in [0, 0.05) is 18.6 Å². The van der Waals surface area contributed by atoms with Crippen LogP contribution in [0, 0.1) is 11.7 Å². The predicted molar refractivity (Wildman–Crippen MR) is 86.9 cm³/mol. The van der Waals surface area contributed by atoms with E-state index in [0.717, 1.165) is 19.5 Å². The zero-order valence-electron chi connectivity index (χ0n) is 13.6. The lowest BCUT2D eigenvalue weighted by atomic mass is 9.91. The highest BCUT2D eigenvalue weighted by molar-refractivity contribution is 5.20. The molecule has 1 aliphatic rings. The molecule has 0 amide bonds. The van der Waals surface area contributed by atoms with Gasteiger partial charge >= 0.3 is 0 Å². The molecule has 2 rings (SSSR count). The van der Waals surface area contributed by atoms with Gasteiger partial charge < -0.3 is 10.2 Å². The Kier molecular flexibility index (Phi) is 6.19. The second-order valence-electron chi connectivity index (χ2n) is 6.55. The third-order valence-corrected chi connectivity index (χ3v) is 4.64. The van der Waals surface area contributed by atoms with E-state index in [1.54, 1.807) is 12.1 Å². The highest BCUT2D eigenvalue weighted by atomic mass is 19.1. The fraction of sp³-hybridized carbons (Fsp3) is 0.667. The molecule has 1 aromatic carbocycles. The van der Waals surface area contributed by atoms with Crippen molar-refractivity contribution in [1.29, 1.82) is 0 Å². The summed E-state index contributed by atoms with van der Waals surface area (Å²) in [6.07, 6.45) is 4.72. The van der Waals surface area contributed by atoms with Crippen molar-refractivity contribution in [2.24, 2.45) is 5.92 Å². The Morgan fingerprint density at radius 1 is 1.33 bits per heavy atom. The molecule has 0 radical (unpaired) electrons. The first-order valence-corrected chi connectivity index (χ1v) is 8.30. The van der Waals surface area contributed by atoms with Crippen LogP contribution >= 0.6 is 0 Å². The first-order valence-electron chi connectivity index (χ1n) is 8.30. The number of hydrogen-bond donors (Lipinski definition) is 1. The zero-order valence-corrected chi connectivity index (χ0v) is 13.6. The van der Waals surface area contributed by atoms with E-state index >= 15 is 0 Å². The summed E-state index contributed by atoms with van der Waals surface area (Å²) in [5.41, 5.74) is 1.22. The van der Waals surface area contributed by atoms with Crippen LogP contribution in [-0.4, -0.2) is 31.1 Å². The molecule has 1 N–H and O–H groups in total. The van der Waals surface area contributed by atoms with Crippen LogP contribution in [0.3, 0.4) is 0 Å². The normalized spacial score (nSPS) is 25.0. The second kappa shape index (κ2) is 7.90. The summed E-state index contributed by atoms with van der Waals surface area (Å²) in [5.74, 6) is 0.508. The highest BCUT2D eigenvalue weighted by Crippen LogP contribution is 2.24. The first-order chi connectivity index (χ1) is 10.1. The van der Waals surface area contributed by atoms with Crippen molar-refractivity contribution in [3.8, 4) is 0 Å². The number of unbranched alkanes of at least 4 members (excludes halogenated alkanes) is 1. The molecule has 3 heteroatoms. The molecule has 1 aromatic rings. The molecule has 3 unspecified atom stereocenters. The maximum atomic E-state index is 13.1. The molecule has 3 atom stereocenters. The summed E-state index contributed by atoms with van der Waals surface area (Å²) in [5, 5.41) is 3.85. The van der Waals surface area contributed by atoms with Gasteiger partial charge in [0.2, 0.25) is 0 Å². The maximum Gasteiger partial charge on any atom is 0.123 e. The molecule has 0 bridgehead atoms. The van der Waals surface area contributed by atoms with Crippen molar-refractivity contribution in [1.82, 2.24) is 10.2 Å². The lowest BCUT2D eigenvalue weighted by molar-refractivity contribution is 0.164. The Labute approximate surface area is 128 Å². The van der Waals surface area contributed by atoms with Crippen molar-refractivity contribution in [3.05, 3.63) is 35.6 Å². The summed E-state index contributed by atoms with van der Waals surface area (Å²) >= 11 is 0. The number of nitrogens with one attached hydrogen (secondary N) is 1. The van der Waals surface area contributed by atoms with Crippen molar-refractivity contribution in [2.75, 3.05) is 20.1 Å². The molecular formula is C18H29FN2. The van der Waals surface area contributed by atoms with E-state index in [1.807, 2.05) is 12.1 Å². The highest BCUT2D eigenvalue weighted by Gasteiger charge is 2.26. The Hall–Kier alpha value is -0.930. The van der Waals surface area contributed by atoms with E-state index < -0.39 is 0 Å². The number of likely N-dealkylation sites (tertiary alicyclic amines) is 1. The number of hydrogen-bond acceptors (Lipinski definition) is 2. The minimum Gasteiger partial charge on any atom is -0.307 e. The molecule has 0 aromatic heterocycles. The van der Waals surface area contributed by atoms with Crippen LogP contribution in [0.5, 0.6) is 0 Å². The van der Waals surface area contributed by atoms with E-state index in [4.69, 9.17) is 0 Å². The standard InChI is InChI=1S/C18H29FN2/c1-4-5-6-18(15-7-9-16(19)10-8-15)20-17-11-12-21(3)13-14(17)2/h7-10,14,17-18,20H,4-6,11-13H2,1-3H3. The Balaban J connectivity index is 2.03. The molecule has 118 valence electrons. The van der Waals surface area contributed by atoms with Gasteiger partial charge in [0.25, 0.3) is 0 Å². The quantitative estimate of drug-likeness (QED) is 0.853. The van der Waals surface area contributed by atoms with E-state index in [2.05, 4.69) is 31.1 Å². The van der Waals surface area contributed by atoms with Crippen molar-refractivity contribution in [3.63, 3.8) is 0 Å². The van der Waals surface area contributed by atoms with Crippen LogP contribution in [0.1, 0.15) is 51.1 Å². The molecule has 0 spiro atoms. The zero-order chi connectivity index (χ0) is 15.2. The average molecular weight is 292 g/mol. The van der Waals surface area contributed by atoms with Gasteiger partial charge in [-0.15, -0.1) is 0 Å². The third-order valence-electron chi connectivity index (χ3n) is 4.64. The number of rotatable bonds is 6. The molecule has 0 saturated carbocycles. The average Bonchev–Trinajstić information content (AvgIpc) is 2.46. The van der Waals surface area contributed by atoms with Crippen LogP contribution in [0.2, 0.25) is 0 Å². The fourth-order valence-electron chi connectivity index (χ4n) is 3.31. The molecule has 1 saturated heterocycles. The largest absolute Gasteiger partial charge is 0.307 e. The summed E-state index contributed by atoms with van der Waals surface area (Å²) in [6, 6.07) is 7.93. The Bertz CT molecular complexity index is 418. The van der Waals surface area contributed by atoms with Gasteiger partial charge in [-0.3, -0.25) is 0 Å². The molecular weight excluding hydrogens is 263 g/mol.